The number of aromatic nitrogens is 2. The van der Waals surface area contributed by atoms with Crippen molar-refractivity contribution in [3.05, 3.63) is 75.6 Å². The summed E-state index contributed by atoms with van der Waals surface area (Å²) in [5.74, 6) is 0.477. The summed E-state index contributed by atoms with van der Waals surface area (Å²) in [4.78, 5) is 33.1. The highest BCUT2D eigenvalue weighted by Gasteiger charge is 2.13. The summed E-state index contributed by atoms with van der Waals surface area (Å²) in [5, 5.41) is 0.605. The lowest BCUT2D eigenvalue weighted by molar-refractivity contribution is 0.0728. The first-order chi connectivity index (χ1) is 13.4. The SMILES string of the molecule is COc1cccc(C(=O)Oc2coc(CSc3nc(C)cc(C)n3)cc2=O)c1. The van der Waals surface area contributed by atoms with Crippen LogP contribution in [0.5, 0.6) is 11.5 Å². The molecule has 0 fully saturated rings. The Balaban J connectivity index is 1.68. The van der Waals surface area contributed by atoms with Gasteiger partial charge in [0.05, 0.1) is 18.4 Å². The third-order valence-electron chi connectivity index (χ3n) is 3.67. The van der Waals surface area contributed by atoms with Crippen LogP contribution in [0.1, 0.15) is 27.5 Å². The molecular weight excluding hydrogens is 380 g/mol. The first-order valence-electron chi connectivity index (χ1n) is 8.37. The zero-order valence-corrected chi connectivity index (χ0v) is 16.4. The van der Waals surface area contributed by atoms with Gasteiger partial charge in [0.15, 0.2) is 5.16 Å². The average Bonchev–Trinajstić information content (AvgIpc) is 2.67. The Bertz CT molecular complexity index is 1040. The van der Waals surface area contributed by atoms with Gasteiger partial charge in [-0.1, -0.05) is 17.8 Å². The van der Waals surface area contributed by atoms with Crippen molar-refractivity contribution < 1.29 is 18.7 Å². The van der Waals surface area contributed by atoms with E-state index in [1.807, 2.05) is 19.9 Å². The number of carbonyl (C=O) groups is 1. The molecule has 0 radical (unpaired) electrons. The van der Waals surface area contributed by atoms with Crippen LogP contribution in [0.15, 0.2) is 57.0 Å². The molecule has 0 N–H and O–H groups in total. The largest absolute Gasteiger partial charge is 0.497 e. The van der Waals surface area contributed by atoms with Gasteiger partial charge in [0.2, 0.25) is 11.2 Å². The Morgan fingerprint density at radius 2 is 1.89 bits per heavy atom. The van der Waals surface area contributed by atoms with E-state index >= 15 is 0 Å². The molecule has 7 nitrogen and oxygen atoms in total. The summed E-state index contributed by atoms with van der Waals surface area (Å²) >= 11 is 1.35. The van der Waals surface area contributed by atoms with Crippen molar-refractivity contribution in [2.45, 2.75) is 24.8 Å². The normalized spacial score (nSPS) is 10.5. The lowest BCUT2D eigenvalue weighted by atomic mass is 10.2. The van der Waals surface area contributed by atoms with Crippen LogP contribution in [0, 0.1) is 13.8 Å². The van der Waals surface area contributed by atoms with E-state index < -0.39 is 11.4 Å². The fourth-order valence-corrected chi connectivity index (χ4v) is 3.23. The molecule has 0 aliphatic heterocycles. The Morgan fingerprint density at radius 1 is 1.14 bits per heavy atom. The molecule has 1 aromatic carbocycles. The van der Waals surface area contributed by atoms with Crippen LogP contribution in [-0.4, -0.2) is 23.0 Å². The number of esters is 1. The zero-order valence-electron chi connectivity index (χ0n) is 15.6. The molecule has 8 heteroatoms. The van der Waals surface area contributed by atoms with E-state index in [1.54, 1.807) is 18.2 Å². The maximum Gasteiger partial charge on any atom is 0.343 e. The molecule has 0 atom stereocenters. The van der Waals surface area contributed by atoms with Crippen molar-refractivity contribution in [2.75, 3.05) is 7.11 Å². The highest BCUT2D eigenvalue weighted by atomic mass is 32.2. The Morgan fingerprint density at radius 3 is 2.57 bits per heavy atom. The highest BCUT2D eigenvalue weighted by molar-refractivity contribution is 7.98. The molecule has 3 aromatic rings. The minimum absolute atomic E-state index is 0.177. The number of hydrogen-bond acceptors (Lipinski definition) is 8. The maximum atomic E-state index is 12.2. The van der Waals surface area contributed by atoms with E-state index in [0.717, 1.165) is 17.7 Å². The second-order valence-electron chi connectivity index (χ2n) is 5.92. The molecule has 0 saturated carbocycles. The average molecular weight is 398 g/mol. The van der Waals surface area contributed by atoms with Crippen molar-refractivity contribution in [1.82, 2.24) is 9.97 Å². The van der Waals surface area contributed by atoms with Gasteiger partial charge in [0.1, 0.15) is 17.8 Å². The quantitative estimate of drug-likeness (QED) is 0.354. The Hall–Kier alpha value is -3.13. The third-order valence-corrected chi connectivity index (χ3v) is 4.54. The number of nitrogens with zero attached hydrogens (tertiary/aromatic N) is 2. The van der Waals surface area contributed by atoms with Crippen LogP contribution >= 0.6 is 11.8 Å². The van der Waals surface area contributed by atoms with E-state index in [1.165, 1.54) is 31.0 Å². The predicted molar refractivity (Wildman–Crippen MR) is 104 cm³/mol. The van der Waals surface area contributed by atoms with Crippen molar-refractivity contribution in [2.24, 2.45) is 0 Å². The van der Waals surface area contributed by atoms with Gasteiger partial charge >= 0.3 is 5.97 Å². The van der Waals surface area contributed by atoms with Crippen molar-refractivity contribution in [3.8, 4) is 11.5 Å². The van der Waals surface area contributed by atoms with Crippen LogP contribution in [-0.2, 0) is 5.75 Å². The first-order valence-corrected chi connectivity index (χ1v) is 9.36. The maximum absolute atomic E-state index is 12.2. The molecule has 28 heavy (non-hydrogen) atoms. The summed E-state index contributed by atoms with van der Waals surface area (Å²) in [6, 6.07) is 9.64. The number of carbonyl (C=O) groups excluding carboxylic acids is 1. The fourth-order valence-electron chi connectivity index (χ4n) is 2.39. The van der Waals surface area contributed by atoms with Gasteiger partial charge in [-0.15, -0.1) is 0 Å². The first kappa shape index (κ1) is 19.6. The summed E-state index contributed by atoms with van der Waals surface area (Å²) in [6.07, 6.45) is 1.14. The summed E-state index contributed by atoms with van der Waals surface area (Å²) < 4.78 is 15.6. The number of hydrogen-bond donors (Lipinski definition) is 0. The number of rotatable bonds is 6. The number of ether oxygens (including phenoxy) is 2. The Kier molecular flexibility index (Phi) is 6.10. The molecule has 0 aliphatic rings. The number of thioether (sulfide) groups is 1. The molecule has 0 spiro atoms. The van der Waals surface area contributed by atoms with Gasteiger partial charge in [-0.05, 0) is 38.1 Å². The molecular formula is C20H18N2O5S. The number of benzene rings is 1. The number of aryl methyl sites for hydroxylation is 2. The van der Waals surface area contributed by atoms with Crippen LogP contribution in [0.25, 0.3) is 0 Å². The standard InChI is InChI=1S/C20H18N2O5S/c1-12-7-13(2)22-20(21-12)28-11-16-9-17(23)18(10-26-16)27-19(24)14-5-4-6-15(8-14)25-3/h4-10H,11H2,1-3H3. The molecule has 2 heterocycles. The van der Waals surface area contributed by atoms with Gasteiger partial charge < -0.3 is 13.9 Å². The molecule has 2 aromatic heterocycles. The summed E-state index contributed by atoms with van der Waals surface area (Å²) in [5.41, 5.74) is 1.57. The van der Waals surface area contributed by atoms with E-state index in [4.69, 9.17) is 13.9 Å². The molecule has 0 amide bonds. The third kappa shape index (κ3) is 4.98. The molecule has 0 bridgehead atoms. The molecule has 0 saturated heterocycles. The molecule has 0 aliphatic carbocycles. The van der Waals surface area contributed by atoms with Crippen LogP contribution in [0.4, 0.5) is 0 Å². The fraction of sp³-hybridized carbons (Fsp3) is 0.200. The van der Waals surface area contributed by atoms with Crippen molar-refractivity contribution >= 4 is 17.7 Å². The van der Waals surface area contributed by atoms with Crippen molar-refractivity contribution in [1.29, 1.82) is 0 Å². The summed E-state index contributed by atoms with van der Waals surface area (Å²) in [6.45, 7) is 3.79. The van der Waals surface area contributed by atoms with Gasteiger partial charge in [-0.2, -0.15) is 0 Å². The van der Waals surface area contributed by atoms with Crippen molar-refractivity contribution in [3.63, 3.8) is 0 Å². The molecule has 0 unspecified atom stereocenters. The van der Waals surface area contributed by atoms with Gasteiger partial charge in [0.25, 0.3) is 0 Å². The zero-order chi connectivity index (χ0) is 20.1. The van der Waals surface area contributed by atoms with Gasteiger partial charge in [-0.3, -0.25) is 4.79 Å². The highest BCUT2D eigenvalue weighted by Crippen LogP contribution is 2.20. The molecule has 144 valence electrons. The monoisotopic (exact) mass is 398 g/mol. The Labute approximate surface area is 165 Å². The smallest absolute Gasteiger partial charge is 0.343 e. The van der Waals surface area contributed by atoms with E-state index in [-0.39, 0.29) is 11.3 Å². The lowest BCUT2D eigenvalue weighted by Gasteiger charge is -2.06. The van der Waals surface area contributed by atoms with E-state index in [2.05, 4.69) is 9.97 Å². The minimum atomic E-state index is -0.669. The summed E-state index contributed by atoms with van der Waals surface area (Å²) in [7, 11) is 1.50. The van der Waals surface area contributed by atoms with Crippen LogP contribution in [0.2, 0.25) is 0 Å². The number of methoxy groups -OCH3 is 1. The lowest BCUT2D eigenvalue weighted by Crippen LogP contribution is -2.14. The minimum Gasteiger partial charge on any atom is -0.497 e. The van der Waals surface area contributed by atoms with Crippen LogP contribution < -0.4 is 14.9 Å². The van der Waals surface area contributed by atoms with Crippen LogP contribution in [0.3, 0.4) is 0 Å². The molecule has 3 rings (SSSR count). The second kappa shape index (κ2) is 8.71. The van der Waals surface area contributed by atoms with E-state index in [0.29, 0.717) is 22.4 Å². The predicted octanol–water partition coefficient (Wildman–Crippen LogP) is 3.57. The van der Waals surface area contributed by atoms with E-state index in [9.17, 15) is 9.59 Å². The topological polar surface area (TPSA) is 91.5 Å². The van der Waals surface area contributed by atoms with Gasteiger partial charge in [0, 0.05) is 17.5 Å². The van der Waals surface area contributed by atoms with Gasteiger partial charge in [-0.25, -0.2) is 14.8 Å². The second-order valence-corrected chi connectivity index (χ2v) is 6.86.